The van der Waals surface area contributed by atoms with Crippen LogP contribution < -0.4 is 5.32 Å². The van der Waals surface area contributed by atoms with E-state index in [9.17, 15) is 9.59 Å². The first-order valence-corrected chi connectivity index (χ1v) is 7.65. The smallest absolute Gasteiger partial charge is 0.374 e. The molecule has 1 atom stereocenters. The van der Waals surface area contributed by atoms with E-state index in [0.29, 0.717) is 0 Å². The number of halogens is 1. The quantitative estimate of drug-likeness (QED) is 0.795. The Hall–Kier alpha value is -2.08. The molecular formula is C16H16BrNO4. The summed E-state index contributed by atoms with van der Waals surface area (Å²) in [6, 6.07) is 10.7. The number of carbonyl (C=O) groups excluding carboxylic acids is 2. The molecule has 0 aliphatic carbocycles. The van der Waals surface area contributed by atoms with Gasteiger partial charge in [0.05, 0.1) is 12.3 Å². The summed E-state index contributed by atoms with van der Waals surface area (Å²) in [4.78, 5) is 23.5. The molecule has 0 radical (unpaired) electrons. The Bertz CT molecular complexity index is 622. The number of hydrogen-bond acceptors (Lipinski definition) is 4. The second kappa shape index (κ2) is 7.79. The fraction of sp³-hybridized carbons (Fsp3) is 0.250. The number of ether oxygens (including phenoxy) is 1. The molecule has 0 fully saturated rings. The van der Waals surface area contributed by atoms with E-state index in [0.717, 1.165) is 16.5 Å². The second-order valence-corrected chi connectivity index (χ2v) is 5.55. The molecule has 0 spiro atoms. The van der Waals surface area contributed by atoms with Gasteiger partial charge in [0.1, 0.15) is 0 Å². The van der Waals surface area contributed by atoms with Crippen molar-refractivity contribution in [3.8, 4) is 0 Å². The number of amides is 1. The maximum atomic E-state index is 11.9. The molecule has 0 bridgehead atoms. The van der Waals surface area contributed by atoms with Crippen molar-refractivity contribution in [2.24, 2.45) is 0 Å². The van der Waals surface area contributed by atoms with Crippen LogP contribution >= 0.6 is 15.9 Å². The molecule has 116 valence electrons. The van der Waals surface area contributed by atoms with Gasteiger partial charge >= 0.3 is 5.97 Å². The Kier molecular flexibility index (Phi) is 5.77. The molecule has 1 aromatic carbocycles. The van der Waals surface area contributed by atoms with Crippen LogP contribution in [0.1, 0.15) is 35.5 Å². The fourth-order valence-corrected chi connectivity index (χ4v) is 2.21. The molecule has 0 aliphatic heterocycles. The lowest BCUT2D eigenvalue weighted by atomic mass is 10.0. The van der Waals surface area contributed by atoms with Gasteiger partial charge in [-0.05, 0) is 36.2 Å². The van der Waals surface area contributed by atoms with Crippen LogP contribution in [0.3, 0.4) is 0 Å². The van der Waals surface area contributed by atoms with E-state index < -0.39 is 5.97 Å². The number of rotatable bonds is 6. The maximum absolute atomic E-state index is 11.9. The van der Waals surface area contributed by atoms with Crippen molar-refractivity contribution in [2.75, 3.05) is 6.61 Å². The Morgan fingerprint density at radius 1 is 1.27 bits per heavy atom. The Morgan fingerprint density at radius 2 is 2.00 bits per heavy atom. The molecule has 6 heteroatoms. The van der Waals surface area contributed by atoms with Gasteiger partial charge in [0.2, 0.25) is 5.76 Å². The maximum Gasteiger partial charge on any atom is 0.374 e. The van der Waals surface area contributed by atoms with Gasteiger partial charge in [0.25, 0.3) is 5.91 Å². The summed E-state index contributed by atoms with van der Waals surface area (Å²) in [5.74, 6) is -0.931. The Morgan fingerprint density at radius 3 is 2.59 bits per heavy atom. The molecule has 1 heterocycles. The zero-order valence-corrected chi connectivity index (χ0v) is 13.6. The minimum atomic E-state index is -0.656. The Balaban J connectivity index is 1.87. The minimum absolute atomic E-state index is 0.0766. The molecule has 22 heavy (non-hydrogen) atoms. The lowest BCUT2D eigenvalue weighted by Crippen LogP contribution is -2.32. The van der Waals surface area contributed by atoms with Gasteiger partial charge in [-0.1, -0.05) is 35.0 Å². The highest BCUT2D eigenvalue weighted by Gasteiger charge is 2.16. The summed E-state index contributed by atoms with van der Waals surface area (Å²) in [6.07, 6.45) is 2.11. The van der Waals surface area contributed by atoms with E-state index in [4.69, 9.17) is 9.15 Å². The number of esters is 1. The van der Waals surface area contributed by atoms with Gasteiger partial charge in [0.15, 0.2) is 6.61 Å². The van der Waals surface area contributed by atoms with Gasteiger partial charge < -0.3 is 14.5 Å². The van der Waals surface area contributed by atoms with E-state index in [1.807, 2.05) is 31.2 Å². The number of hydrogen-bond donors (Lipinski definition) is 1. The largest absolute Gasteiger partial charge is 0.457 e. The first kappa shape index (κ1) is 16.3. The van der Waals surface area contributed by atoms with Crippen LogP contribution in [0, 0.1) is 0 Å². The predicted octanol–water partition coefficient (Wildman–Crippen LogP) is 3.47. The summed E-state index contributed by atoms with van der Waals surface area (Å²) in [5.41, 5.74) is 0.997. The molecule has 0 unspecified atom stereocenters. The first-order valence-electron chi connectivity index (χ1n) is 6.85. The molecule has 0 saturated carbocycles. The summed E-state index contributed by atoms with van der Waals surface area (Å²) < 4.78 is 10.8. The van der Waals surface area contributed by atoms with Crippen molar-refractivity contribution in [1.82, 2.24) is 5.32 Å². The Labute approximate surface area is 136 Å². The van der Waals surface area contributed by atoms with E-state index in [-0.39, 0.29) is 24.3 Å². The summed E-state index contributed by atoms with van der Waals surface area (Å²) in [6.45, 7) is 1.63. The third kappa shape index (κ3) is 4.46. The molecular weight excluding hydrogens is 350 g/mol. The average Bonchev–Trinajstić information content (AvgIpc) is 3.05. The second-order valence-electron chi connectivity index (χ2n) is 4.63. The van der Waals surface area contributed by atoms with Gasteiger partial charge in [-0.25, -0.2) is 4.79 Å². The molecule has 5 nitrogen and oxygen atoms in total. The summed E-state index contributed by atoms with van der Waals surface area (Å²) >= 11 is 3.37. The van der Waals surface area contributed by atoms with Crippen molar-refractivity contribution in [2.45, 2.75) is 19.4 Å². The van der Waals surface area contributed by atoms with Gasteiger partial charge in [0, 0.05) is 4.47 Å². The molecule has 1 aromatic heterocycles. The highest BCUT2D eigenvalue weighted by Crippen LogP contribution is 2.19. The van der Waals surface area contributed by atoms with E-state index in [1.54, 1.807) is 6.07 Å². The predicted molar refractivity (Wildman–Crippen MR) is 84.3 cm³/mol. The highest BCUT2D eigenvalue weighted by molar-refractivity contribution is 9.10. The third-order valence-electron chi connectivity index (χ3n) is 3.07. The molecule has 2 rings (SSSR count). The monoisotopic (exact) mass is 365 g/mol. The lowest BCUT2D eigenvalue weighted by molar-refractivity contribution is -0.125. The molecule has 0 aliphatic rings. The zero-order chi connectivity index (χ0) is 15.9. The molecule has 1 amide bonds. The molecule has 1 N–H and O–H groups in total. The normalized spacial score (nSPS) is 11.7. The number of carbonyl (C=O) groups is 2. The standard InChI is InChI=1S/C16H16BrNO4/c1-2-13(11-5-7-12(17)8-6-11)18-15(19)10-22-16(20)14-4-3-9-21-14/h3-9,13H,2,10H2,1H3,(H,18,19)/t13-/m0/s1. The van der Waals surface area contributed by atoms with Gasteiger partial charge in [-0.15, -0.1) is 0 Å². The van der Waals surface area contributed by atoms with Crippen LogP contribution in [-0.2, 0) is 9.53 Å². The fourth-order valence-electron chi connectivity index (χ4n) is 1.95. The average molecular weight is 366 g/mol. The summed E-state index contributed by atoms with van der Waals surface area (Å²) in [5, 5.41) is 2.84. The van der Waals surface area contributed by atoms with Crippen LogP contribution in [0.2, 0.25) is 0 Å². The van der Waals surface area contributed by atoms with E-state index >= 15 is 0 Å². The topological polar surface area (TPSA) is 68.5 Å². The van der Waals surface area contributed by atoms with Gasteiger partial charge in [-0.2, -0.15) is 0 Å². The number of furan rings is 1. The van der Waals surface area contributed by atoms with Crippen molar-refractivity contribution >= 4 is 27.8 Å². The van der Waals surface area contributed by atoms with Crippen LogP contribution in [0.25, 0.3) is 0 Å². The van der Waals surface area contributed by atoms with Crippen molar-refractivity contribution in [3.05, 3.63) is 58.5 Å². The summed E-state index contributed by atoms with van der Waals surface area (Å²) in [7, 11) is 0. The van der Waals surface area contributed by atoms with Crippen molar-refractivity contribution < 1.29 is 18.7 Å². The van der Waals surface area contributed by atoms with Crippen molar-refractivity contribution in [3.63, 3.8) is 0 Å². The lowest BCUT2D eigenvalue weighted by Gasteiger charge is -2.17. The number of benzene rings is 1. The van der Waals surface area contributed by atoms with Crippen molar-refractivity contribution in [1.29, 1.82) is 0 Å². The van der Waals surface area contributed by atoms with E-state index in [1.165, 1.54) is 12.3 Å². The van der Waals surface area contributed by atoms with Crippen LogP contribution in [0.5, 0.6) is 0 Å². The highest BCUT2D eigenvalue weighted by atomic mass is 79.9. The van der Waals surface area contributed by atoms with Crippen LogP contribution in [0.15, 0.2) is 51.6 Å². The van der Waals surface area contributed by atoms with Crippen LogP contribution in [-0.4, -0.2) is 18.5 Å². The molecule has 0 saturated heterocycles. The minimum Gasteiger partial charge on any atom is -0.457 e. The van der Waals surface area contributed by atoms with Gasteiger partial charge in [-0.3, -0.25) is 4.79 Å². The van der Waals surface area contributed by atoms with Crippen LogP contribution in [0.4, 0.5) is 0 Å². The van der Waals surface area contributed by atoms with E-state index in [2.05, 4.69) is 21.2 Å². The zero-order valence-electron chi connectivity index (χ0n) is 12.0. The first-order chi connectivity index (χ1) is 10.6. The number of nitrogens with one attached hydrogen (secondary N) is 1. The SMILES string of the molecule is CC[C@H](NC(=O)COC(=O)c1ccco1)c1ccc(Br)cc1. The molecule has 2 aromatic rings. The third-order valence-corrected chi connectivity index (χ3v) is 3.60.